The first-order chi connectivity index (χ1) is 10.2. The third kappa shape index (κ3) is 3.46. The summed E-state index contributed by atoms with van der Waals surface area (Å²) in [7, 11) is 0. The number of hydrogen-bond acceptors (Lipinski definition) is 2. The maximum absolute atomic E-state index is 9.21. The van der Waals surface area contributed by atoms with Crippen LogP contribution in [0.1, 0.15) is 11.3 Å². The number of hydrogen-bond donors (Lipinski definition) is 2. The zero-order valence-electron chi connectivity index (χ0n) is 11.1. The van der Waals surface area contributed by atoms with E-state index in [0.717, 1.165) is 31.8 Å². The fraction of sp³-hybridized carbons (Fsp3) is 0.125. The smallest absolute Gasteiger partial charge is 0.0831 e. The number of H-pyrrole nitrogens is 1. The Balaban J connectivity index is 1.82. The van der Waals surface area contributed by atoms with Gasteiger partial charge in [0.1, 0.15) is 0 Å². The highest BCUT2D eigenvalue weighted by Crippen LogP contribution is 2.32. The summed E-state index contributed by atoms with van der Waals surface area (Å²) in [6.07, 6.45) is 0. The van der Waals surface area contributed by atoms with E-state index >= 15 is 0 Å². The predicted molar refractivity (Wildman–Crippen MR) is 92.9 cm³/mol. The average Bonchev–Trinajstić information content (AvgIpc) is 2.90. The number of aliphatic hydroxyl groups is 1. The molecule has 2 N–H and O–H groups in total. The van der Waals surface area contributed by atoms with Crippen molar-refractivity contribution in [2.75, 3.05) is 0 Å². The van der Waals surface area contributed by atoms with Crippen LogP contribution in [-0.2, 0) is 12.4 Å². The highest BCUT2D eigenvalue weighted by molar-refractivity contribution is 9.10. The molecule has 1 aromatic heterocycles. The van der Waals surface area contributed by atoms with Gasteiger partial charge in [-0.1, -0.05) is 39.7 Å². The van der Waals surface area contributed by atoms with Crippen LogP contribution in [0.2, 0.25) is 5.02 Å². The molecule has 0 spiro atoms. The van der Waals surface area contributed by atoms with E-state index < -0.39 is 0 Å². The van der Waals surface area contributed by atoms with Gasteiger partial charge in [-0.05, 0) is 35.9 Å². The maximum atomic E-state index is 9.21. The zero-order valence-corrected chi connectivity index (χ0v) is 14.2. The van der Waals surface area contributed by atoms with Gasteiger partial charge < -0.3 is 10.1 Å². The average molecular weight is 383 g/mol. The number of aliphatic hydroxyl groups excluding tert-OH is 1. The second-order valence-corrected chi connectivity index (χ2v) is 7.07. The monoisotopic (exact) mass is 381 g/mol. The summed E-state index contributed by atoms with van der Waals surface area (Å²) in [5.74, 6) is 0.892. The van der Waals surface area contributed by atoms with Gasteiger partial charge in [-0.15, -0.1) is 11.8 Å². The van der Waals surface area contributed by atoms with E-state index in [-0.39, 0.29) is 6.61 Å². The lowest BCUT2D eigenvalue weighted by atomic mass is 10.2. The number of aromatic nitrogens is 1. The fourth-order valence-corrected chi connectivity index (χ4v) is 3.92. The lowest BCUT2D eigenvalue weighted by molar-refractivity contribution is 0.278. The molecular weight excluding hydrogens is 370 g/mol. The molecular formula is C16H13BrClNOS. The summed E-state index contributed by atoms with van der Waals surface area (Å²) >= 11 is 11.3. The van der Waals surface area contributed by atoms with Crippen LogP contribution in [0.25, 0.3) is 10.9 Å². The van der Waals surface area contributed by atoms with Gasteiger partial charge in [0, 0.05) is 36.7 Å². The summed E-state index contributed by atoms with van der Waals surface area (Å²) in [4.78, 5) is 4.40. The minimum Gasteiger partial charge on any atom is -0.390 e. The lowest BCUT2D eigenvalue weighted by Crippen LogP contribution is -1.81. The Morgan fingerprint density at radius 3 is 2.62 bits per heavy atom. The van der Waals surface area contributed by atoms with Crippen molar-refractivity contribution in [2.45, 2.75) is 17.3 Å². The normalized spacial score (nSPS) is 11.2. The molecule has 0 radical (unpaired) electrons. The lowest BCUT2D eigenvalue weighted by Gasteiger charge is -2.04. The molecule has 0 aliphatic carbocycles. The fourth-order valence-electron chi connectivity index (χ4n) is 2.14. The second-order valence-electron chi connectivity index (χ2n) is 4.73. The van der Waals surface area contributed by atoms with Crippen molar-refractivity contribution in [3.63, 3.8) is 0 Å². The predicted octanol–water partition coefficient (Wildman–Crippen LogP) is 5.37. The first-order valence-corrected chi connectivity index (χ1v) is 8.60. The molecule has 3 rings (SSSR count). The topological polar surface area (TPSA) is 36.0 Å². The number of benzene rings is 2. The number of fused-ring (bicyclic) bond motifs is 1. The minimum atomic E-state index is 0.0222. The van der Waals surface area contributed by atoms with E-state index in [1.165, 1.54) is 10.5 Å². The van der Waals surface area contributed by atoms with Gasteiger partial charge in [0.2, 0.25) is 0 Å². The van der Waals surface area contributed by atoms with E-state index in [2.05, 4.69) is 33.0 Å². The standard InChI is InChI=1S/C16H13BrClNOS/c17-15-6-13(7-16-14(15)5-12(8-20)19-16)21-9-10-1-3-11(18)4-2-10/h1-7,19-20H,8-9H2. The van der Waals surface area contributed by atoms with E-state index in [9.17, 15) is 5.11 Å². The number of aromatic amines is 1. The van der Waals surface area contributed by atoms with E-state index in [4.69, 9.17) is 11.6 Å². The molecule has 2 nitrogen and oxygen atoms in total. The zero-order chi connectivity index (χ0) is 14.8. The molecule has 0 saturated heterocycles. The van der Waals surface area contributed by atoms with Gasteiger partial charge in [0.15, 0.2) is 0 Å². The van der Waals surface area contributed by atoms with Crippen LogP contribution < -0.4 is 0 Å². The number of rotatable bonds is 4. The van der Waals surface area contributed by atoms with Crippen LogP contribution >= 0.6 is 39.3 Å². The molecule has 2 aromatic carbocycles. The summed E-state index contributed by atoms with van der Waals surface area (Å²) in [5, 5.41) is 11.1. The molecule has 0 atom stereocenters. The SMILES string of the molecule is OCc1cc2c(Br)cc(SCc3ccc(Cl)cc3)cc2[nH]1. The second kappa shape index (κ2) is 6.44. The van der Waals surface area contributed by atoms with Crippen LogP contribution in [0.3, 0.4) is 0 Å². The quantitative estimate of drug-likeness (QED) is 0.595. The van der Waals surface area contributed by atoms with Crippen LogP contribution in [0, 0.1) is 0 Å². The molecule has 1 heterocycles. The van der Waals surface area contributed by atoms with Crippen molar-refractivity contribution in [1.29, 1.82) is 0 Å². The minimum absolute atomic E-state index is 0.0222. The first kappa shape index (κ1) is 15.0. The molecule has 0 fully saturated rings. The molecule has 0 aliphatic heterocycles. The molecule has 0 bridgehead atoms. The van der Waals surface area contributed by atoms with Gasteiger partial charge in [-0.2, -0.15) is 0 Å². The Morgan fingerprint density at radius 1 is 1.14 bits per heavy atom. The van der Waals surface area contributed by atoms with Gasteiger partial charge in [-0.25, -0.2) is 0 Å². The maximum Gasteiger partial charge on any atom is 0.0831 e. The Kier molecular flexibility index (Phi) is 4.60. The van der Waals surface area contributed by atoms with Gasteiger partial charge in [0.05, 0.1) is 6.61 Å². The molecule has 0 saturated carbocycles. The van der Waals surface area contributed by atoms with Gasteiger partial charge >= 0.3 is 0 Å². The van der Waals surface area contributed by atoms with Gasteiger partial charge in [0.25, 0.3) is 0 Å². The van der Waals surface area contributed by atoms with Crippen LogP contribution in [0.4, 0.5) is 0 Å². The highest BCUT2D eigenvalue weighted by atomic mass is 79.9. The van der Waals surface area contributed by atoms with Crippen LogP contribution in [0.5, 0.6) is 0 Å². The largest absolute Gasteiger partial charge is 0.390 e. The van der Waals surface area contributed by atoms with Crippen molar-refractivity contribution < 1.29 is 5.11 Å². The van der Waals surface area contributed by atoms with E-state index in [1.54, 1.807) is 11.8 Å². The first-order valence-electron chi connectivity index (χ1n) is 6.45. The Morgan fingerprint density at radius 2 is 1.90 bits per heavy atom. The molecule has 0 amide bonds. The van der Waals surface area contributed by atoms with Gasteiger partial charge in [-0.3, -0.25) is 0 Å². The third-order valence-electron chi connectivity index (χ3n) is 3.21. The van der Waals surface area contributed by atoms with Crippen molar-refractivity contribution in [2.24, 2.45) is 0 Å². The molecule has 0 unspecified atom stereocenters. The molecule has 108 valence electrons. The van der Waals surface area contributed by atoms with Crippen molar-refractivity contribution in [3.05, 3.63) is 63.2 Å². The molecule has 0 aliphatic rings. The number of thioether (sulfide) groups is 1. The van der Waals surface area contributed by atoms with Crippen molar-refractivity contribution >= 4 is 50.2 Å². The summed E-state index contributed by atoms with van der Waals surface area (Å²) in [5.41, 5.74) is 3.10. The Bertz CT molecular complexity index is 770. The van der Waals surface area contributed by atoms with Crippen molar-refractivity contribution in [3.8, 4) is 0 Å². The van der Waals surface area contributed by atoms with E-state index in [1.807, 2.05) is 30.3 Å². The summed E-state index contributed by atoms with van der Waals surface area (Å²) in [6.45, 7) is 0.0222. The Hall–Kier alpha value is -0.940. The Labute approximate surface area is 140 Å². The highest BCUT2D eigenvalue weighted by Gasteiger charge is 2.07. The molecule has 3 aromatic rings. The third-order valence-corrected chi connectivity index (χ3v) is 5.16. The van der Waals surface area contributed by atoms with Crippen LogP contribution in [-0.4, -0.2) is 10.1 Å². The van der Waals surface area contributed by atoms with Crippen molar-refractivity contribution in [1.82, 2.24) is 4.98 Å². The van der Waals surface area contributed by atoms with E-state index in [0.29, 0.717) is 0 Å². The summed E-state index contributed by atoms with van der Waals surface area (Å²) in [6, 6.07) is 14.1. The molecule has 21 heavy (non-hydrogen) atoms. The van der Waals surface area contributed by atoms with Crippen LogP contribution in [0.15, 0.2) is 51.8 Å². The number of halogens is 2. The summed E-state index contributed by atoms with van der Waals surface area (Å²) < 4.78 is 1.04. The molecule has 5 heteroatoms. The number of nitrogens with one attached hydrogen (secondary N) is 1.